The zero-order chi connectivity index (χ0) is 38.1. The normalized spacial score (nSPS) is 14.1. The summed E-state index contributed by atoms with van der Waals surface area (Å²) in [6.45, 7) is 4.76. The zero-order valence-electron chi connectivity index (χ0n) is 32.2. The number of fused-ring (bicyclic) bond motifs is 10. The van der Waals surface area contributed by atoms with Crippen molar-refractivity contribution in [2.45, 2.75) is 24.7 Å². The Bertz CT molecular complexity index is 2920. The highest BCUT2D eigenvalue weighted by atomic mass is 15.1. The summed E-state index contributed by atoms with van der Waals surface area (Å²) in [7, 11) is 0. The van der Waals surface area contributed by atoms with Crippen LogP contribution in [0.3, 0.4) is 0 Å². The fraction of sp³-hybridized carbons (Fsp3) is 0.0714. The molecule has 0 saturated carbocycles. The fourth-order valence-corrected chi connectivity index (χ4v) is 10.1. The number of para-hydroxylation sites is 1. The van der Waals surface area contributed by atoms with Crippen LogP contribution in [0.15, 0.2) is 212 Å². The van der Waals surface area contributed by atoms with E-state index in [-0.39, 0.29) is 10.8 Å². The van der Waals surface area contributed by atoms with Gasteiger partial charge in [0, 0.05) is 22.5 Å². The van der Waals surface area contributed by atoms with E-state index >= 15 is 0 Å². The second-order valence-corrected chi connectivity index (χ2v) is 16.1. The van der Waals surface area contributed by atoms with E-state index in [1.165, 1.54) is 77.5 Å². The first-order chi connectivity index (χ1) is 28.0. The highest BCUT2D eigenvalue weighted by molar-refractivity contribution is 5.94. The Labute approximate surface area is 335 Å². The van der Waals surface area contributed by atoms with E-state index in [1.807, 2.05) is 0 Å². The molecule has 0 saturated heterocycles. The summed E-state index contributed by atoms with van der Waals surface area (Å²) in [5, 5.41) is 2.43. The molecular formula is C56H41N. The minimum atomic E-state index is -0.376. The third-order valence-corrected chi connectivity index (χ3v) is 12.7. The molecule has 0 aliphatic heterocycles. The summed E-state index contributed by atoms with van der Waals surface area (Å²) in [6, 6.07) is 78.5. The van der Waals surface area contributed by atoms with Crippen molar-refractivity contribution >= 4 is 27.8 Å². The monoisotopic (exact) mass is 727 g/mol. The molecule has 1 spiro atoms. The molecule has 0 atom stereocenters. The van der Waals surface area contributed by atoms with Crippen LogP contribution >= 0.6 is 0 Å². The van der Waals surface area contributed by atoms with Gasteiger partial charge in [0.25, 0.3) is 0 Å². The van der Waals surface area contributed by atoms with Crippen molar-refractivity contribution in [1.82, 2.24) is 0 Å². The van der Waals surface area contributed by atoms with E-state index in [9.17, 15) is 0 Å². The molecule has 0 amide bonds. The zero-order valence-corrected chi connectivity index (χ0v) is 32.2. The van der Waals surface area contributed by atoms with Crippen LogP contribution in [-0.4, -0.2) is 0 Å². The molecule has 9 aromatic carbocycles. The largest absolute Gasteiger partial charge is 0.310 e. The molecule has 0 radical (unpaired) electrons. The molecule has 0 N–H and O–H groups in total. The standard InChI is InChI=1S/C56H41N/c1-55(2)51-21-11-13-23-53(51)56(54-24-14-12-22-52(54)55)49-20-10-9-19-47(49)48-37-43(30-34-50(48)56)40-25-26-42-36-46(33-29-41(42)35-40)57(44-17-7-4-8-18-44)45-31-27-39(28-32-45)38-15-5-3-6-16-38/h3-37H,1-2H3. The Balaban J connectivity index is 1.01. The van der Waals surface area contributed by atoms with E-state index < -0.39 is 0 Å². The van der Waals surface area contributed by atoms with Gasteiger partial charge in [-0.05, 0) is 126 Å². The Morgan fingerprint density at radius 2 is 0.754 bits per heavy atom. The predicted octanol–water partition coefficient (Wildman–Crippen LogP) is 14.6. The molecule has 0 fully saturated rings. The van der Waals surface area contributed by atoms with Gasteiger partial charge in [0.1, 0.15) is 0 Å². The highest BCUT2D eigenvalue weighted by Crippen LogP contribution is 2.62. The first-order valence-corrected chi connectivity index (χ1v) is 20.0. The van der Waals surface area contributed by atoms with Crippen LogP contribution in [0.25, 0.3) is 44.2 Å². The lowest BCUT2D eigenvalue weighted by atomic mass is 9.55. The van der Waals surface area contributed by atoms with Crippen LogP contribution in [0.2, 0.25) is 0 Å². The lowest BCUT2D eigenvalue weighted by Gasteiger charge is -2.46. The van der Waals surface area contributed by atoms with Gasteiger partial charge in [-0.2, -0.15) is 0 Å². The van der Waals surface area contributed by atoms with Crippen LogP contribution in [0.5, 0.6) is 0 Å². The smallest absolute Gasteiger partial charge is 0.0719 e. The number of nitrogens with zero attached hydrogens (tertiary/aromatic N) is 1. The Hall–Kier alpha value is -6.96. The molecule has 2 aliphatic rings. The summed E-state index contributed by atoms with van der Waals surface area (Å²) in [6.07, 6.45) is 0. The minimum absolute atomic E-state index is 0.105. The van der Waals surface area contributed by atoms with E-state index in [1.54, 1.807) is 0 Å². The number of hydrogen-bond donors (Lipinski definition) is 0. The average Bonchev–Trinajstić information content (AvgIpc) is 3.57. The van der Waals surface area contributed by atoms with Crippen LogP contribution in [0.4, 0.5) is 17.1 Å². The number of rotatable bonds is 5. The lowest BCUT2D eigenvalue weighted by Crippen LogP contribution is -2.40. The lowest BCUT2D eigenvalue weighted by molar-refractivity contribution is 0.563. The third kappa shape index (κ3) is 5.02. The van der Waals surface area contributed by atoms with Gasteiger partial charge >= 0.3 is 0 Å². The van der Waals surface area contributed by atoms with Gasteiger partial charge in [0.2, 0.25) is 0 Å². The number of benzene rings is 9. The fourth-order valence-electron chi connectivity index (χ4n) is 10.1. The Morgan fingerprint density at radius 1 is 0.298 bits per heavy atom. The average molecular weight is 728 g/mol. The summed E-state index contributed by atoms with van der Waals surface area (Å²) in [5.41, 5.74) is 18.8. The highest BCUT2D eigenvalue weighted by Gasteiger charge is 2.53. The molecule has 9 aromatic rings. The topological polar surface area (TPSA) is 3.24 Å². The quantitative estimate of drug-likeness (QED) is 0.171. The SMILES string of the molecule is CC1(C)c2ccccc2C2(c3ccccc3-c3cc(-c4ccc5cc(N(c6ccccc6)c6ccc(-c7ccccc7)cc6)ccc5c4)ccc32)c2ccccc21. The first kappa shape index (κ1) is 33.4. The van der Waals surface area contributed by atoms with Crippen LogP contribution in [0, 0.1) is 0 Å². The molecule has 0 unspecified atom stereocenters. The van der Waals surface area contributed by atoms with Crippen LogP contribution in [-0.2, 0) is 10.8 Å². The third-order valence-electron chi connectivity index (χ3n) is 12.7. The van der Waals surface area contributed by atoms with Crippen molar-refractivity contribution in [3.8, 4) is 33.4 Å². The van der Waals surface area contributed by atoms with E-state index in [2.05, 4.69) is 231 Å². The molecule has 0 bridgehead atoms. The van der Waals surface area contributed by atoms with Crippen molar-refractivity contribution in [3.63, 3.8) is 0 Å². The maximum absolute atomic E-state index is 2.44. The van der Waals surface area contributed by atoms with Crippen molar-refractivity contribution in [2.75, 3.05) is 4.90 Å². The molecule has 0 aromatic heterocycles. The van der Waals surface area contributed by atoms with Crippen molar-refractivity contribution < 1.29 is 0 Å². The molecule has 0 heterocycles. The first-order valence-electron chi connectivity index (χ1n) is 20.0. The number of anilines is 3. The van der Waals surface area contributed by atoms with Gasteiger partial charge in [-0.1, -0.05) is 178 Å². The predicted molar refractivity (Wildman–Crippen MR) is 239 cm³/mol. The summed E-state index contributed by atoms with van der Waals surface area (Å²) in [5.74, 6) is 0. The van der Waals surface area contributed by atoms with E-state index in [0.717, 1.165) is 17.1 Å². The van der Waals surface area contributed by atoms with Gasteiger partial charge in [-0.25, -0.2) is 0 Å². The minimum Gasteiger partial charge on any atom is -0.310 e. The summed E-state index contributed by atoms with van der Waals surface area (Å²) >= 11 is 0. The van der Waals surface area contributed by atoms with Crippen LogP contribution in [0.1, 0.15) is 47.2 Å². The van der Waals surface area contributed by atoms with Crippen molar-refractivity contribution in [3.05, 3.63) is 246 Å². The van der Waals surface area contributed by atoms with Crippen molar-refractivity contribution in [1.29, 1.82) is 0 Å². The maximum atomic E-state index is 2.44. The summed E-state index contributed by atoms with van der Waals surface area (Å²) in [4.78, 5) is 2.35. The molecule has 270 valence electrons. The van der Waals surface area contributed by atoms with Gasteiger partial charge < -0.3 is 4.90 Å². The summed E-state index contributed by atoms with van der Waals surface area (Å²) < 4.78 is 0. The van der Waals surface area contributed by atoms with Gasteiger partial charge in [0.05, 0.1) is 5.41 Å². The van der Waals surface area contributed by atoms with Crippen LogP contribution < -0.4 is 4.90 Å². The second kappa shape index (κ2) is 12.8. The molecule has 1 heteroatoms. The van der Waals surface area contributed by atoms with E-state index in [0.29, 0.717) is 0 Å². The second-order valence-electron chi connectivity index (χ2n) is 16.1. The van der Waals surface area contributed by atoms with E-state index in [4.69, 9.17) is 0 Å². The Morgan fingerprint density at radius 3 is 1.46 bits per heavy atom. The molecular weight excluding hydrogens is 687 g/mol. The molecule has 1 nitrogen and oxygen atoms in total. The maximum Gasteiger partial charge on any atom is 0.0719 e. The number of hydrogen-bond acceptors (Lipinski definition) is 1. The van der Waals surface area contributed by atoms with Gasteiger partial charge in [-0.15, -0.1) is 0 Å². The molecule has 57 heavy (non-hydrogen) atoms. The molecule has 2 aliphatic carbocycles. The molecule has 11 rings (SSSR count). The van der Waals surface area contributed by atoms with Gasteiger partial charge in [0.15, 0.2) is 0 Å². The Kier molecular flexibility index (Phi) is 7.50. The van der Waals surface area contributed by atoms with Gasteiger partial charge in [-0.3, -0.25) is 0 Å². The van der Waals surface area contributed by atoms with Crippen molar-refractivity contribution in [2.24, 2.45) is 0 Å².